The van der Waals surface area contributed by atoms with Crippen molar-refractivity contribution in [2.45, 2.75) is 26.4 Å². The van der Waals surface area contributed by atoms with E-state index in [1.54, 1.807) is 0 Å². The average molecular weight is 227 g/mol. The van der Waals surface area contributed by atoms with Crippen LogP contribution in [0.5, 0.6) is 0 Å². The largest absolute Gasteiger partial charge is 0.318 e. The highest BCUT2D eigenvalue weighted by Crippen LogP contribution is 2.19. The first-order valence-electron chi connectivity index (χ1n) is 5.27. The molecule has 1 aromatic rings. The highest BCUT2D eigenvalue weighted by Gasteiger charge is 2.04. The zero-order chi connectivity index (χ0) is 11.3. The van der Waals surface area contributed by atoms with Gasteiger partial charge in [0.25, 0.3) is 0 Å². The Bertz CT molecular complexity index is 312. The van der Waals surface area contributed by atoms with Crippen molar-refractivity contribution in [3.05, 3.63) is 34.3 Å². The van der Waals surface area contributed by atoms with Crippen LogP contribution < -0.4 is 10.6 Å². The second-order valence-corrected chi connectivity index (χ2v) is 4.27. The number of halogens is 1. The molecular weight excluding hydrogens is 208 g/mol. The molecule has 0 aliphatic heterocycles. The van der Waals surface area contributed by atoms with Crippen molar-refractivity contribution >= 4 is 11.6 Å². The molecule has 2 N–H and O–H groups in total. The van der Waals surface area contributed by atoms with Crippen LogP contribution in [0.1, 0.15) is 18.1 Å². The first kappa shape index (κ1) is 12.5. The van der Waals surface area contributed by atoms with Gasteiger partial charge in [-0.15, -0.1) is 0 Å². The van der Waals surface area contributed by atoms with E-state index in [4.69, 9.17) is 11.6 Å². The Morgan fingerprint density at radius 2 is 2.13 bits per heavy atom. The third-order valence-electron chi connectivity index (χ3n) is 2.42. The van der Waals surface area contributed by atoms with Gasteiger partial charge in [-0.05, 0) is 32.0 Å². The van der Waals surface area contributed by atoms with Crippen LogP contribution in [-0.4, -0.2) is 19.6 Å². The van der Waals surface area contributed by atoms with Gasteiger partial charge in [-0.25, -0.2) is 0 Å². The number of rotatable bonds is 5. The van der Waals surface area contributed by atoms with Crippen LogP contribution >= 0.6 is 11.6 Å². The van der Waals surface area contributed by atoms with Gasteiger partial charge < -0.3 is 10.6 Å². The molecule has 0 saturated heterocycles. The summed E-state index contributed by atoms with van der Waals surface area (Å²) in [4.78, 5) is 0. The molecule has 3 heteroatoms. The number of benzene rings is 1. The van der Waals surface area contributed by atoms with E-state index in [1.165, 1.54) is 5.56 Å². The molecule has 1 aromatic carbocycles. The quantitative estimate of drug-likeness (QED) is 0.806. The standard InChI is InChI=1S/C12H19ClN2/c1-9-5-4-6-11(12(9)13)8-15-10(2)7-14-3/h4-6,10,14-15H,7-8H2,1-3H3. The highest BCUT2D eigenvalue weighted by molar-refractivity contribution is 6.32. The Balaban J connectivity index is 2.54. The molecule has 0 aliphatic carbocycles. The summed E-state index contributed by atoms with van der Waals surface area (Å²) in [6.07, 6.45) is 0. The Hall–Kier alpha value is -0.570. The van der Waals surface area contributed by atoms with Crippen molar-refractivity contribution < 1.29 is 0 Å². The predicted octanol–water partition coefficient (Wildman–Crippen LogP) is 2.35. The molecule has 15 heavy (non-hydrogen) atoms. The highest BCUT2D eigenvalue weighted by atomic mass is 35.5. The summed E-state index contributed by atoms with van der Waals surface area (Å²) in [5.74, 6) is 0. The van der Waals surface area contributed by atoms with Crippen LogP contribution in [0.25, 0.3) is 0 Å². The Labute approximate surface area is 97.0 Å². The van der Waals surface area contributed by atoms with Crippen LogP contribution in [0, 0.1) is 6.92 Å². The molecule has 0 amide bonds. The van der Waals surface area contributed by atoms with E-state index in [9.17, 15) is 0 Å². The van der Waals surface area contributed by atoms with Gasteiger partial charge in [0.05, 0.1) is 0 Å². The van der Waals surface area contributed by atoms with Crippen LogP contribution in [0.2, 0.25) is 5.02 Å². The molecule has 0 radical (unpaired) electrons. The SMILES string of the molecule is CNCC(C)NCc1cccc(C)c1Cl. The monoisotopic (exact) mass is 226 g/mol. The lowest BCUT2D eigenvalue weighted by Gasteiger charge is -2.14. The molecule has 0 heterocycles. The molecule has 0 aliphatic rings. The fourth-order valence-electron chi connectivity index (χ4n) is 1.51. The van der Waals surface area contributed by atoms with Crippen molar-refractivity contribution in [1.29, 1.82) is 0 Å². The van der Waals surface area contributed by atoms with Crippen molar-refractivity contribution in [3.63, 3.8) is 0 Å². The van der Waals surface area contributed by atoms with Crippen molar-refractivity contribution in [3.8, 4) is 0 Å². The van der Waals surface area contributed by atoms with Crippen molar-refractivity contribution in [2.75, 3.05) is 13.6 Å². The minimum absolute atomic E-state index is 0.451. The first-order chi connectivity index (χ1) is 7.15. The maximum atomic E-state index is 6.20. The summed E-state index contributed by atoms with van der Waals surface area (Å²) in [6, 6.07) is 6.59. The third-order valence-corrected chi connectivity index (χ3v) is 2.96. The summed E-state index contributed by atoms with van der Waals surface area (Å²) >= 11 is 6.20. The van der Waals surface area contributed by atoms with E-state index in [0.717, 1.165) is 23.7 Å². The zero-order valence-corrected chi connectivity index (χ0v) is 10.4. The summed E-state index contributed by atoms with van der Waals surface area (Å²) in [7, 11) is 1.96. The second-order valence-electron chi connectivity index (χ2n) is 3.89. The maximum absolute atomic E-state index is 6.20. The first-order valence-corrected chi connectivity index (χ1v) is 5.65. The number of nitrogens with one attached hydrogen (secondary N) is 2. The number of aryl methyl sites for hydroxylation is 1. The Morgan fingerprint density at radius 3 is 2.80 bits per heavy atom. The molecule has 84 valence electrons. The van der Waals surface area contributed by atoms with Crippen LogP contribution in [-0.2, 0) is 6.54 Å². The summed E-state index contributed by atoms with van der Waals surface area (Å²) in [5, 5.41) is 7.43. The predicted molar refractivity (Wildman–Crippen MR) is 66.4 cm³/mol. The number of hydrogen-bond acceptors (Lipinski definition) is 2. The maximum Gasteiger partial charge on any atom is 0.0480 e. The van der Waals surface area contributed by atoms with Crippen molar-refractivity contribution in [2.24, 2.45) is 0 Å². The lowest BCUT2D eigenvalue weighted by Crippen LogP contribution is -2.34. The fraction of sp³-hybridized carbons (Fsp3) is 0.500. The molecule has 2 nitrogen and oxygen atoms in total. The number of hydrogen-bond donors (Lipinski definition) is 2. The Morgan fingerprint density at radius 1 is 1.40 bits per heavy atom. The van der Waals surface area contributed by atoms with Gasteiger partial charge in [-0.1, -0.05) is 29.8 Å². The molecule has 0 spiro atoms. The van der Waals surface area contributed by atoms with Crippen LogP contribution in [0.3, 0.4) is 0 Å². The van der Waals surface area contributed by atoms with E-state index >= 15 is 0 Å². The van der Waals surface area contributed by atoms with E-state index < -0.39 is 0 Å². The second kappa shape index (κ2) is 6.11. The smallest absolute Gasteiger partial charge is 0.0480 e. The van der Waals surface area contributed by atoms with Gasteiger partial charge in [0, 0.05) is 24.2 Å². The van der Waals surface area contributed by atoms with Gasteiger partial charge in [-0.2, -0.15) is 0 Å². The van der Waals surface area contributed by atoms with Crippen LogP contribution in [0.4, 0.5) is 0 Å². The Kier molecular flexibility index (Phi) is 5.09. The molecule has 1 rings (SSSR count). The lowest BCUT2D eigenvalue weighted by molar-refractivity contribution is 0.523. The van der Waals surface area contributed by atoms with Gasteiger partial charge in [0.15, 0.2) is 0 Å². The molecule has 0 fully saturated rings. The van der Waals surface area contributed by atoms with Crippen LogP contribution in [0.15, 0.2) is 18.2 Å². The molecule has 0 saturated carbocycles. The van der Waals surface area contributed by atoms with E-state index in [2.05, 4.69) is 23.6 Å². The molecule has 0 aromatic heterocycles. The topological polar surface area (TPSA) is 24.1 Å². The van der Waals surface area contributed by atoms with E-state index in [-0.39, 0.29) is 0 Å². The van der Waals surface area contributed by atoms with Gasteiger partial charge >= 0.3 is 0 Å². The minimum atomic E-state index is 0.451. The molecular formula is C12H19ClN2. The summed E-state index contributed by atoms with van der Waals surface area (Å²) in [5.41, 5.74) is 2.30. The third kappa shape index (κ3) is 3.82. The van der Waals surface area contributed by atoms with Gasteiger partial charge in [0.2, 0.25) is 0 Å². The number of likely N-dealkylation sites (N-methyl/N-ethyl adjacent to an activating group) is 1. The summed E-state index contributed by atoms with van der Waals surface area (Å²) in [6.45, 7) is 5.97. The molecule has 1 atom stereocenters. The van der Waals surface area contributed by atoms with Gasteiger partial charge in [0.1, 0.15) is 0 Å². The molecule has 1 unspecified atom stereocenters. The van der Waals surface area contributed by atoms with Crippen molar-refractivity contribution in [1.82, 2.24) is 10.6 Å². The van der Waals surface area contributed by atoms with E-state index in [1.807, 2.05) is 26.1 Å². The molecule has 0 bridgehead atoms. The lowest BCUT2D eigenvalue weighted by atomic mass is 10.1. The summed E-state index contributed by atoms with van der Waals surface area (Å²) < 4.78 is 0. The van der Waals surface area contributed by atoms with Gasteiger partial charge in [-0.3, -0.25) is 0 Å². The van der Waals surface area contributed by atoms with E-state index in [0.29, 0.717) is 6.04 Å². The zero-order valence-electron chi connectivity index (χ0n) is 9.60. The fourth-order valence-corrected chi connectivity index (χ4v) is 1.70. The minimum Gasteiger partial charge on any atom is -0.318 e. The average Bonchev–Trinajstić information content (AvgIpc) is 2.21. The normalized spacial score (nSPS) is 12.8.